The van der Waals surface area contributed by atoms with Gasteiger partial charge in [0.05, 0.1) is 13.3 Å². The number of ether oxygens (including phenoxy) is 3. The van der Waals surface area contributed by atoms with E-state index in [2.05, 4.69) is 26.5 Å². The van der Waals surface area contributed by atoms with Gasteiger partial charge in [0.1, 0.15) is 19.0 Å². The zero-order valence-electron chi connectivity index (χ0n) is 14.0. The number of carbonyl (C=O) groups is 1. The number of rotatable bonds is 8. The van der Waals surface area contributed by atoms with Gasteiger partial charge in [-0.1, -0.05) is 22.0 Å². The summed E-state index contributed by atoms with van der Waals surface area (Å²) in [6.45, 7) is 2.18. The van der Waals surface area contributed by atoms with Crippen molar-refractivity contribution in [3.05, 3.63) is 52.5 Å². The summed E-state index contributed by atoms with van der Waals surface area (Å²) in [7, 11) is 1.56. The fourth-order valence-electron chi connectivity index (χ4n) is 1.95. The van der Waals surface area contributed by atoms with Crippen LogP contribution in [0.5, 0.6) is 17.2 Å². The summed E-state index contributed by atoms with van der Waals surface area (Å²) in [6.07, 6.45) is 1.53. The number of hydrogen-bond acceptors (Lipinski definition) is 5. The molecule has 1 N–H and O–H groups in total. The first kappa shape index (κ1) is 18.8. The molecule has 1 amide bonds. The maximum Gasteiger partial charge on any atom is 0.236 e. The van der Waals surface area contributed by atoms with Gasteiger partial charge in [-0.15, -0.1) is 0 Å². The highest BCUT2D eigenvalue weighted by atomic mass is 79.9. The number of nitrogens with zero attached hydrogens (tertiary/aromatic N) is 1. The molecule has 0 fully saturated rings. The molecule has 132 valence electrons. The number of amides is 1. The number of carbonyl (C=O) groups excluding carboxylic acids is 1. The zero-order valence-corrected chi connectivity index (χ0v) is 15.6. The predicted molar refractivity (Wildman–Crippen MR) is 99.5 cm³/mol. The van der Waals surface area contributed by atoms with Gasteiger partial charge in [-0.2, -0.15) is 5.10 Å². The second-order valence-electron chi connectivity index (χ2n) is 4.99. The highest BCUT2D eigenvalue weighted by molar-refractivity contribution is 9.10. The lowest BCUT2D eigenvalue weighted by Crippen LogP contribution is -2.12. The highest BCUT2D eigenvalue weighted by Gasteiger charge is 2.05. The quantitative estimate of drug-likeness (QED) is 0.414. The van der Waals surface area contributed by atoms with Gasteiger partial charge in [0.25, 0.3) is 0 Å². The molecule has 2 aromatic rings. The topological polar surface area (TPSA) is 69.2 Å². The van der Waals surface area contributed by atoms with Gasteiger partial charge < -0.3 is 14.2 Å². The third-order valence-corrected chi connectivity index (χ3v) is 3.52. The van der Waals surface area contributed by atoms with Crippen molar-refractivity contribution < 1.29 is 19.0 Å². The van der Waals surface area contributed by atoms with Crippen molar-refractivity contribution >= 4 is 28.1 Å². The van der Waals surface area contributed by atoms with Crippen LogP contribution in [-0.2, 0) is 4.79 Å². The molecule has 0 atom stereocenters. The van der Waals surface area contributed by atoms with Gasteiger partial charge in [0, 0.05) is 11.4 Å². The molecule has 2 rings (SSSR count). The molecule has 0 radical (unpaired) electrons. The largest absolute Gasteiger partial charge is 0.493 e. The highest BCUT2D eigenvalue weighted by Crippen LogP contribution is 2.27. The van der Waals surface area contributed by atoms with E-state index >= 15 is 0 Å². The van der Waals surface area contributed by atoms with Crippen molar-refractivity contribution in [2.75, 3.05) is 20.3 Å². The first-order valence-corrected chi connectivity index (χ1v) is 8.36. The van der Waals surface area contributed by atoms with Crippen molar-refractivity contribution in [1.82, 2.24) is 5.43 Å². The molecule has 0 spiro atoms. The van der Waals surface area contributed by atoms with Crippen LogP contribution >= 0.6 is 15.9 Å². The number of hydrogen-bond donors (Lipinski definition) is 1. The number of halogens is 1. The van der Waals surface area contributed by atoms with Crippen LogP contribution in [0.25, 0.3) is 0 Å². The van der Waals surface area contributed by atoms with E-state index in [-0.39, 0.29) is 5.91 Å². The van der Waals surface area contributed by atoms with Crippen LogP contribution in [-0.4, -0.2) is 32.4 Å². The lowest BCUT2D eigenvalue weighted by molar-refractivity contribution is -0.118. The minimum absolute atomic E-state index is 0.228. The Balaban J connectivity index is 1.88. The zero-order chi connectivity index (χ0) is 18.1. The van der Waals surface area contributed by atoms with Gasteiger partial charge in [-0.05, 0) is 42.0 Å². The molecule has 0 saturated carbocycles. The summed E-state index contributed by atoms with van der Waals surface area (Å²) >= 11 is 3.40. The van der Waals surface area contributed by atoms with E-state index in [4.69, 9.17) is 14.2 Å². The second-order valence-corrected chi connectivity index (χ2v) is 5.91. The van der Waals surface area contributed by atoms with Gasteiger partial charge in [-0.3, -0.25) is 4.79 Å². The molecular formula is C18H19BrN2O4. The average molecular weight is 407 g/mol. The minimum Gasteiger partial charge on any atom is -0.493 e. The fraction of sp³-hybridized carbons (Fsp3) is 0.222. The molecule has 25 heavy (non-hydrogen) atoms. The van der Waals surface area contributed by atoms with Crippen LogP contribution in [0.15, 0.2) is 52.0 Å². The van der Waals surface area contributed by atoms with E-state index < -0.39 is 0 Å². The molecule has 6 nitrogen and oxygen atoms in total. The number of hydrazone groups is 1. The minimum atomic E-state index is -0.228. The third-order valence-electron chi connectivity index (χ3n) is 3.03. The smallest absolute Gasteiger partial charge is 0.236 e. The molecule has 0 aliphatic rings. The lowest BCUT2D eigenvalue weighted by atomic mass is 10.2. The monoisotopic (exact) mass is 406 g/mol. The maximum atomic E-state index is 10.8. The van der Waals surface area contributed by atoms with Crippen LogP contribution < -0.4 is 19.6 Å². The van der Waals surface area contributed by atoms with Gasteiger partial charge >= 0.3 is 0 Å². The first-order chi connectivity index (χ1) is 12.1. The van der Waals surface area contributed by atoms with Crippen molar-refractivity contribution in [1.29, 1.82) is 0 Å². The Kier molecular flexibility index (Phi) is 7.28. The lowest BCUT2D eigenvalue weighted by Gasteiger charge is -2.12. The molecule has 0 aliphatic heterocycles. The number of nitrogens with one attached hydrogen (secondary N) is 1. The Morgan fingerprint density at radius 2 is 1.96 bits per heavy atom. The van der Waals surface area contributed by atoms with E-state index in [1.165, 1.54) is 13.1 Å². The Labute approximate surface area is 154 Å². The normalized spacial score (nSPS) is 10.5. The van der Waals surface area contributed by atoms with E-state index in [0.717, 1.165) is 15.8 Å². The predicted octanol–water partition coefficient (Wildman–Crippen LogP) is 3.39. The summed E-state index contributed by atoms with van der Waals surface area (Å²) in [5.41, 5.74) is 3.13. The fourth-order valence-corrected chi connectivity index (χ4v) is 2.33. The molecule has 7 heteroatoms. The molecule has 2 aromatic carbocycles. The Morgan fingerprint density at radius 3 is 2.68 bits per heavy atom. The second kappa shape index (κ2) is 9.68. The summed E-state index contributed by atoms with van der Waals surface area (Å²) in [5.74, 6) is 1.73. The molecule has 0 aromatic heterocycles. The molecule has 0 saturated heterocycles. The maximum absolute atomic E-state index is 10.8. The molecule has 0 aliphatic carbocycles. The molecular weight excluding hydrogens is 388 g/mol. The van der Waals surface area contributed by atoms with Crippen molar-refractivity contribution in [2.45, 2.75) is 6.92 Å². The molecule has 0 heterocycles. The first-order valence-electron chi connectivity index (χ1n) is 7.57. The third kappa shape index (κ3) is 6.46. The van der Waals surface area contributed by atoms with Crippen molar-refractivity contribution in [3.63, 3.8) is 0 Å². The number of benzene rings is 2. The Bertz CT molecular complexity index is 750. The Hall–Kier alpha value is -2.54. The summed E-state index contributed by atoms with van der Waals surface area (Å²) in [5, 5.41) is 3.82. The van der Waals surface area contributed by atoms with E-state index in [0.29, 0.717) is 24.7 Å². The SMILES string of the molecule is COc1cc(/C=N\NC(C)=O)ccc1OCCOc1cccc(Br)c1. The van der Waals surface area contributed by atoms with E-state index in [9.17, 15) is 4.79 Å². The van der Waals surface area contributed by atoms with Crippen LogP contribution in [0.4, 0.5) is 0 Å². The van der Waals surface area contributed by atoms with Gasteiger partial charge in [0.15, 0.2) is 11.5 Å². The van der Waals surface area contributed by atoms with Gasteiger partial charge in [-0.25, -0.2) is 5.43 Å². The Morgan fingerprint density at radius 1 is 1.16 bits per heavy atom. The van der Waals surface area contributed by atoms with Crippen LogP contribution in [0.3, 0.4) is 0 Å². The molecule has 0 bridgehead atoms. The standard InChI is InChI=1S/C18H19BrN2O4/c1-13(22)21-20-12-14-6-7-17(18(10-14)23-2)25-9-8-24-16-5-3-4-15(19)11-16/h3-7,10-12H,8-9H2,1-2H3,(H,21,22)/b20-12-. The summed E-state index contributed by atoms with van der Waals surface area (Å²) in [4.78, 5) is 10.8. The van der Waals surface area contributed by atoms with E-state index in [1.54, 1.807) is 19.2 Å². The van der Waals surface area contributed by atoms with Crippen LogP contribution in [0.1, 0.15) is 12.5 Å². The van der Waals surface area contributed by atoms with E-state index in [1.807, 2.05) is 30.3 Å². The van der Waals surface area contributed by atoms with Crippen LogP contribution in [0, 0.1) is 0 Å². The van der Waals surface area contributed by atoms with Gasteiger partial charge in [0.2, 0.25) is 5.91 Å². The number of methoxy groups -OCH3 is 1. The summed E-state index contributed by atoms with van der Waals surface area (Å²) < 4.78 is 17.6. The summed E-state index contributed by atoms with van der Waals surface area (Å²) in [6, 6.07) is 13.0. The van der Waals surface area contributed by atoms with Crippen LogP contribution in [0.2, 0.25) is 0 Å². The van der Waals surface area contributed by atoms with Crippen molar-refractivity contribution in [3.8, 4) is 17.2 Å². The molecule has 0 unspecified atom stereocenters. The van der Waals surface area contributed by atoms with Crippen molar-refractivity contribution in [2.24, 2.45) is 5.10 Å². The average Bonchev–Trinajstić information content (AvgIpc) is 2.59.